The van der Waals surface area contributed by atoms with Gasteiger partial charge in [0.15, 0.2) is 0 Å². The van der Waals surface area contributed by atoms with Crippen LogP contribution in [-0.4, -0.2) is 63.0 Å². The van der Waals surface area contributed by atoms with E-state index in [1.165, 1.54) is 35.4 Å². The molecule has 0 radical (unpaired) electrons. The molecule has 7 nitrogen and oxygen atoms in total. The lowest BCUT2D eigenvalue weighted by atomic mass is 10.1. The molecule has 0 aliphatic carbocycles. The maximum Gasteiger partial charge on any atom is 0.241 e. The van der Waals surface area contributed by atoms with Crippen LogP contribution in [0.15, 0.2) is 47.4 Å². The van der Waals surface area contributed by atoms with Gasteiger partial charge in [-0.15, -0.1) is 0 Å². The normalized spacial score (nSPS) is 17.8. The van der Waals surface area contributed by atoms with E-state index in [1.807, 2.05) is 6.07 Å². The zero-order valence-corrected chi connectivity index (χ0v) is 19.0. The molecule has 2 heterocycles. The molecule has 0 saturated carbocycles. The zero-order chi connectivity index (χ0) is 22.0. The lowest BCUT2D eigenvalue weighted by Gasteiger charge is -2.36. The van der Waals surface area contributed by atoms with Gasteiger partial charge in [0, 0.05) is 44.2 Å². The van der Waals surface area contributed by atoms with E-state index in [1.54, 1.807) is 11.8 Å². The first-order valence-electron chi connectivity index (χ1n) is 10.4. The molecule has 2 aromatic rings. The second-order valence-electron chi connectivity index (χ2n) is 7.94. The largest absolute Gasteiger partial charge is 0.493 e. The quantitative estimate of drug-likeness (QED) is 0.711. The Morgan fingerprint density at radius 3 is 2.55 bits per heavy atom. The maximum absolute atomic E-state index is 12.8. The highest BCUT2D eigenvalue weighted by molar-refractivity contribution is 7.89. The van der Waals surface area contributed by atoms with Crippen molar-refractivity contribution in [3.63, 3.8) is 0 Å². The Balaban J connectivity index is 1.30. The predicted molar refractivity (Wildman–Crippen MR) is 119 cm³/mol. The van der Waals surface area contributed by atoms with Crippen LogP contribution >= 0.6 is 11.6 Å². The van der Waals surface area contributed by atoms with Crippen LogP contribution in [0.3, 0.4) is 0 Å². The molecule has 0 bridgehead atoms. The van der Waals surface area contributed by atoms with E-state index >= 15 is 0 Å². The predicted octanol–water partition coefficient (Wildman–Crippen LogP) is 2.29. The summed E-state index contributed by atoms with van der Waals surface area (Å²) >= 11 is 5.82. The molecule has 0 spiro atoms. The van der Waals surface area contributed by atoms with Gasteiger partial charge >= 0.3 is 0 Å². The zero-order valence-electron chi connectivity index (χ0n) is 17.4. The van der Waals surface area contributed by atoms with Gasteiger partial charge in [-0.3, -0.25) is 9.69 Å². The molecule has 1 amide bonds. The lowest BCUT2D eigenvalue weighted by Crippen LogP contribution is -2.53. The highest BCUT2D eigenvalue weighted by atomic mass is 35.5. The minimum absolute atomic E-state index is 0.0844. The Bertz CT molecular complexity index is 1050. The second kappa shape index (κ2) is 9.16. The Kier molecular flexibility index (Phi) is 6.52. The average molecular weight is 464 g/mol. The molecule has 0 unspecified atom stereocenters. The molecule has 1 saturated heterocycles. The molecule has 1 atom stereocenters. The van der Waals surface area contributed by atoms with Crippen molar-refractivity contribution in [3.05, 3.63) is 58.6 Å². The van der Waals surface area contributed by atoms with Gasteiger partial charge < -0.3 is 9.64 Å². The van der Waals surface area contributed by atoms with Gasteiger partial charge in [0.05, 0.1) is 17.5 Å². The number of sulfonamides is 1. The van der Waals surface area contributed by atoms with E-state index in [-0.39, 0.29) is 10.8 Å². The third kappa shape index (κ3) is 5.20. The van der Waals surface area contributed by atoms with Crippen molar-refractivity contribution in [1.29, 1.82) is 0 Å². The van der Waals surface area contributed by atoms with Gasteiger partial charge in [-0.25, -0.2) is 8.42 Å². The van der Waals surface area contributed by atoms with Crippen molar-refractivity contribution >= 4 is 27.5 Å². The highest BCUT2D eigenvalue weighted by Crippen LogP contribution is 2.26. The molecule has 1 fully saturated rings. The van der Waals surface area contributed by atoms with E-state index in [9.17, 15) is 13.2 Å². The Morgan fingerprint density at radius 2 is 1.84 bits per heavy atom. The van der Waals surface area contributed by atoms with E-state index in [0.29, 0.717) is 18.1 Å². The van der Waals surface area contributed by atoms with Crippen molar-refractivity contribution < 1.29 is 17.9 Å². The molecule has 2 aromatic carbocycles. The van der Waals surface area contributed by atoms with Crippen LogP contribution in [0.2, 0.25) is 5.02 Å². The van der Waals surface area contributed by atoms with Gasteiger partial charge in [-0.05, 0) is 48.4 Å². The van der Waals surface area contributed by atoms with Gasteiger partial charge in [-0.2, -0.15) is 4.72 Å². The average Bonchev–Trinajstić information content (AvgIpc) is 3.22. The van der Waals surface area contributed by atoms with Crippen molar-refractivity contribution in [3.8, 4) is 5.75 Å². The summed E-state index contributed by atoms with van der Waals surface area (Å²) in [5, 5.41) is 0.453. The summed E-state index contributed by atoms with van der Waals surface area (Å²) in [5.74, 6) is 0.765. The minimum Gasteiger partial charge on any atom is -0.493 e. The van der Waals surface area contributed by atoms with Crippen molar-refractivity contribution in [2.75, 3.05) is 32.8 Å². The molecule has 2 aliphatic rings. The van der Waals surface area contributed by atoms with Crippen LogP contribution in [0.1, 0.15) is 18.1 Å². The summed E-state index contributed by atoms with van der Waals surface area (Å²) in [4.78, 5) is 16.9. The number of hydrogen-bond donors (Lipinski definition) is 1. The second-order valence-corrected chi connectivity index (χ2v) is 10.1. The van der Waals surface area contributed by atoms with Crippen LogP contribution in [0.25, 0.3) is 0 Å². The van der Waals surface area contributed by atoms with Gasteiger partial charge in [-0.1, -0.05) is 23.7 Å². The van der Waals surface area contributed by atoms with Crippen molar-refractivity contribution in [2.45, 2.75) is 30.8 Å². The number of nitrogens with one attached hydrogen (secondary N) is 1. The summed E-state index contributed by atoms with van der Waals surface area (Å²) in [7, 11) is -3.79. The molecule has 2 aliphatic heterocycles. The summed E-state index contributed by atoms with van der Waals surface area (Å²) in [6, 6.07) is 11.3. The first-order valence-corrected chi connectivity index (χ1v) is 12.2. The molecular weight excluding hydrogens is 438 g/mol. The van der Waals surface area contributed by atoms with E-state index in [2.05, 4.69) is 21.8 Å². The molecule has 4 rings (SSSR count). The maximum atomic E-state index is 12.8. The number of amides is 1. The fraction of sp³-hybridized carbons (Fsp3) is 0.409. The third-order valence-corrected chi connectivity index (χ3v) is 7.48. The number of rotatable bonds is 6. The molecule has 0 aromatic heterocycles. The topological polar surface area (TPSA) is 79.0 Å². The lowest BCUT2D eigenvalue weighted by molar-refractivity contribution is -0.134. The fourth-order valence-corrected chi connectivity index (χ4v) is 5.28. The van der Waals surface area contributed by atoms with E-state index in [4.69, 9.17) is 16.3 Å². The Morgan fingerprint density at radius 1 is 1.13 bits per heavy atom. The molecular formula is C22H26ClN3O4S. The van der Waals surface area contributed by atoms with E-state index in [0.717, 1.165) is 38.4 Å². The van der Waals surface area contributed by atoms with Gasteiger partial charge in [0.25, 0.3) is 0 Å². The molecule has 9 heteroatoms. The van der Waals surface area contributed by atoms with E-state index < -0.39 is 16.1 Å². The smallest absolute Gasteiger partial charge is 0.241 e. The summed E-state index contributed by atoms with van der Waals surface area (Å²) in [6.45, 7) is 5.79. The van der Waals surface area contributed by atoms with Crippen molar-refractivity contribution in [1.82, 2.24) is 14.5 Å². The number of fused-ring (bicyclic) bond motifs is 1. The van der Waals surface area contributed by atoms with Crippen LogP contribution in [0.4, 0.5) is 0 Å². The number of carbonyl (C=O) groups is 1. The Labute approximate surface area is 188 Å². The Hall–Kier alpha value is -2.13. The van der Waals surface area contributed by atoms with Crippen LogP contribution in [0.5, 0.6) is 5.75 Å². The number of nitrogens with zero attached hydrogens (tertiary/aromatic N) is 2. The van der Waals surface area contributed by atoms with Crippen LogP contribution in [-0.2, 0) is 27.8 Å². The van der Waals surface area contributed by atoms with Crippen molar-refractivity contribution in [2.24, 2.45) is 0 Å². The number of benzene rings is 2. The molecule has 166 valence electrons. The molecule has 1 N–H and O–H groups in total. The third-order valence-electron chi connectivity index (χ3n) is 5.67. The number of piperazine rings is 1. The van der Waals surface area contributed by atoms with Crippen LogP contribution in [0, 0.1) is 0 Å². The fourth-order valence-electron chi connectivity index (χ4n) is 3.96. The summed E-state index contributed by atoms with van der Waals surface area (Å²) in [5.41, 5.74) is 2.50. The number of hydrogen-bond acceptors (Lipinski definition) is 5. The molecule has 31 heavy (non-hydrogen) atoms. The highest BCUT2D eigenvalue weighted by Gasteiger charge is 2.28. The SMILES string of the molecule is C[C@H](NS(=O)(=O)c1ccc(Cl)cc1)C(=O)N1CCN(Cc2ccc3c(c2)CCO3)CC1. The summed E-state index contributed by atoms with van der Waals surface area (Å²) < 4.78 is 33.1. The summed E-state index contributed by atoms with van der Waals surface area (Å²) in [6.07, 6.45) is 0.954. The van der Waals surface area contributed by atoms with Gasteiger partial charge in [0.1, 0.15) is 5.75 Å². The number of halogens is 1. The van der Waals surface area contributed by atoms with Gasteiger partial charge in [0.2, 0.25) is 15.9 Å². The standard InChI is InChI=1S/C22H26ClN3O4S/c1-16(24-31(28,29)20-5-3-19(23)4-6-20)22(27)26-11-9-25(10-12-26)15-17-2-7-21-18(14-17)8-13-30-21/h2-7,14,16,24H,8-13,15H2,1H3/t16-/m0/s1. The monoisotopic (exact) mass is 463 g/mol. The first-order chi connectivity index (χ1) is 14.8. The van der Waals surface area contributed by atoms with Crippen LogP contribution < -0.4 is 9.46 Å². The number of ether oxygens (including phenoxy) is 1. The first kappa shape index (κ1) is 22.1. The number of carbonyl (C=O) groups excluding carboxylic acids is 1. The minimum atomic E-state index is -3.79.